The Morgan fingerprint density at radius 1 is 0.871 bits per heavy atom. The first-order valence-electron chi connectivity index (χ1n) is 14.2. The fraction of sp³-hybridized carbons (Fsp3) is 0.806. The Morgan fingerprint density at radius 3 is 2.29 bits per heavy atom. The molecule has 0 spiro atoms. The molecule has 0 saturated heterocycles. The Hall–Kier alpha value is -0.780. The molecular weight excluding hydrogens is 372 g/mol. The minimum Gasteiger partial charge on any atom is -0.0993 e. The fourth-order valence-corrected chi connectivity index (χ4v) is 7.15. The third kappa shape index (κ3) is 7.64. The van der Waals surface area contributed by atoms with Crippen LogP contribution >= 0.6 is 0 Å². The van der Waals surface area contributed by atoms with Crippen LogP contribution in [0.15, 0.2) is 36.5 Å². The van der Waals surface area contributed by atoms with Crippen LogP contribution in [0, 0.1) is 35.5 Å². The van der Waals surface area contributed by atoms with Crippen LogP contribution < -0.4 is 0 Å². The highest BCUT2D eigenvalue weighted by molar-refractivity contribution is 5.13. The second-order valence-electron chi connectivity index (χ2n) is 11.2. The molecule has 0 heterocycles. The Kier molecular flexibility index (Phi) is 11.0. The molecule has 0 aromatic carbocycles. The topological polar surface area (TPSA) is 0 Å². The van der Waals surface area contributed by atoms with Gasteiger partial charge in [-0.3, -0.25) is 0 Å². The second-order valence-corrected chi connectivity index (χ2v) is 11.2. The summed E-state index contributed by atoms with van der Waals surface area (Å²) < 4.78 is 0. The van der Waals surface area contributed by atoms with Gasteiger partial charge in [-0.25, -0.2) is 0 Å². The lowest BCUT2D eigenvalue weighted by molar-refractivity contribution is 0.236. The number of allylic oxidation sites excluding steroid dienone is 5. The van der Waals surface area contributed by atoms with E-state index < -0.39 is 0 Å². The highest BCUT2D eigenvalue weighted by atomic mass is 14.4. The maximum absolute atomic E-state index is 4.73. The highest BCUT2D eigenvalue weighted by Crippen LogP contribution is 2.43. The zero-order chi connectivity index (χ0) is 21.9. The number of hydrogen-bond donors (Lipinski definition) is 0. The summed E-state index contributed by atoms with van der Waals surface area (Å²) in [6, 6.07) is 0. The molecule has 0 aliphatic heterocycles. The maximum Gasteiger partial charge on any atom is -0.0140 e. The quantitative estimate of drug-likeness (QED) is 0.306. The first-order chi connectivity index (χ1) is 15.2. The summed E-state index contributed by atoms with van der Waals surface area (Å²) in [5.41, 5.74) is 1.64. The molecule has 0 aromatic heterocycles. The van der Waals surface area contributed by atoms with Crippen molar-refractivity contribution in [1.29, 1.82) is 0 Å². The first-order valence-corrected chi connectivity index (χ1v) is 14.2. The number of hydrogen-bond acceptors (Lipinski definition) is 0. The summed E-state index contributed by atoms with van der Waals surface area (Å²) in [6.07, 6.45) is 34.0. The number of rotatable bonds is 10. The van der Waals surface area contributed by atoms with Crippen LogP contribution in [0.2, 0.25) is 0 Å². The summed E-state index contributed by atoms with van der Waals surface area (Å²) in [4.78, 5) is 0. The van der Waals surface area contributed by atoms with Gasteiger partial charge in [0, 0.05) is 0 Å². The Labute approximate surface area is 195 Å². The average molecular weight is 425 g/mol. The van der Waals surface area contributed by atoms with Crippen molar-refractivity contribution in [3.05, 3.63) is 36.5 Å². The third-order valence-corrected chi connectivity index (χ3v) is 9.32. The minimum absolute atomic E-state index is 0.768. The lowest BCUT2D eigenvalue weighted by atomic mass is 9.68. The molecule has 3 fully saturated rings. The Bertz CT molecular complexity index is 553. The normalized spacial score (nSPS) is 31.9. The lowest BCUT2D eigenvalue weighted by Gasteiger charge is -2.37. The monoisotopic (exact) mass is 424 g/mol. The predicted octanol–water partition coefficient (Wildman–Crippen LogP) is 10.1. The summed E-state index contributed by atoms with van der Waals surface area (Å²) in [7, 11) is 0. The van der Waals surface area contributed by atoms with Crippen LogP contribution in [-0.2, 0) is 0 Å². The van der Waals surface area contributed by atoms with Gasteiger partial charge >= 0.3 is 0 Å². The molecule has 3 atom stereocenters. The zero-order valence-corrected chi connectivity index (χ0v) is 21.0. The van der Waals surface area contributed by atoms with E-state index in [1.165, 1.54) is 109 Å². The van der Waals surface area contributed by atoms with Crippen LogP contribution in [0.25, 0.3) is 0 Å². The van der Waals surface area contributed by atoms with E-state index in [1.54, 1.807) is 5.57 Å². The summed E-state index contributed by atoms with van der Waals surface area (Å²) in [6.45, 7) is 9.27. The smallest absolute Gasteiger partial charge is 0.0140 e. The molecule has 0 nitrogen and oxygen atoms in total. The van der Waals surface area contributed by atoms with E-state index in [0.717, 1.165) is 35.5 Å². The van der Waals surface area contributed by atoms with Crippen molar-refractivity contribution >= 4 is 0 Å². The van der Waals surface area contributed by atoms with Gasteiger partial charge in [0.15, 0.2) is 0 Å². The van der Waals surface area contributed by atoms with Gasteiger partial charge in [-0.2, -0.15) is 0 Å². The molecule has 0 aromatic rings. The van der Waals surface area contributed by atoms with Crippen molar-refractivity contribution in [1.82, 2.24) is 0 Å². The zero-order valence-electron chi connectivity index (χ0n) is 21.0. The van der Waals surface area contributed by atoms with E-state index >= 15 is 0 Å². The Morgan fingerprint density at radius 2 is 1.58 bits per heavy atom. The van der Waals surface area contributed by atoms with Crippen LogP contribution in [-0.4, -0.2) is 0 Å². The second kappa shape index (κ2) is 13.7. The van der Waals surface area contributed by atoms with Crippen molar-refractivity contribution in [2.45, 2.75) is 123 Å². The van der Waals surface area contributed by atoms with Gasteiger partial charge in [0.05, 0.1) is 0 Å². The van der Waals surface area contributed by atoms with E-state index in [4.69, 9.17) is 6.58 Å². The maximum atomic E-state index is 4.73. The molecular formula is C31H52. The molecule has 3 aliphatic rings. The fourth-order valence-electron chi connectivity index (χ4n) is 7.15. The van der Waals surface area contributed by atoms with Crippen LogP contribution in [0.1, 0.15) is 123 Å². The van der Waals surface area contributed by atoms with E-state index in [0.29, 0.717) is 0 Å². The molecule has 176 valence electrons. The highest BCUT2D eigenvalue weighted by Gasteiger charge is 2.31. The van der Waals surface area contributed by atoms with Gasteiger partial charge < -0.3 is 0 Å². The van der Waals surface area contributed by atoms with E-state index in [-0.39, 0.29) is 0 Å². The third-order valence-electron chi connectivity index (χ3n) is 9.32. The van der Waals surface area contributed by atoms with Crippen LogP contribution in [0.4, 0.5) is 0 Å². The molecule has 3 unspecified atom stereocenters. The van der Waals surface area contributed by atoms with E-state index in [2.05, 4.69) is 38.2 Å². The molecule has 3 rings (SSSR count). The van der Waals surface area contributed by atoms with E-state index in [9.17, 15) is 0 Å². The molecule has 0 amide bonds. The SMILES string of the molecule is C=C(C1CCC(CC)CC1)C1CCCCC1/C=C/CC(CC/C=C/C)C1CCCCC1. The van der Waals surface area contributed by atoms with Gasteiger partial charge in [-0.05, 0) is 100 Å². The van der Waals surface area contributed by atoms with Crippen LogP contribution in [0.5, 0.6) is 0 Å². The molecule has 3 saturated carbocycles. The van der Waals surface area contributed by atoms with Crippen molar-refractivity contribution < 1.29 is 0 Å². The van der Waals surface area contributed by atoms with Gasteiger partial charge in [0.1, 0.15) is 0 Å². The molecule has 31 heavy (non-hydrogen) atoms. The van der Waals surface area contributed by atoms with Crippen LogP contribution in [0.3, 0.4) is 0 Å². The van der Waals surface area contributed by atoms with Gasteiger partial charge in [-0.1, -0.05) is 94.7 Å². The Balaban J connectivity index is 1.56. The summed E-state index contributed by atoms with van der Waals surface area (Å²) in [5.74, 6) is 5.23. The average Bonchev–Trinajstić information content (AvgIpc) is 2.83. The van der Waals surface area contributed by atoms with E-state index in [1.807, 2.05) is 0 Å². The molecule has 0 heteroatoms. The summed E-state index contributed by atoms with van der Waals surface area (Å²) >= 11 is 0. The molecule has 0 bridgehead atoms. The van der Waals surface area contributed by atoms with Gasteiger partial charge in [-0.15, -0.1) is 0 Å². The van der Waals surface area contributed by atoms with Gasteiger partial charge in [0.2, 0.25) is 0 Å². The molecule has 3 aliphatic carbocycles. The van der Waals surface area contributed by atoms with Crippen molar-refractivity contribution in [2.75, 3.05) is 0 Å². The lowest BCUT2D eigenvalue weighted by Crippen LogP contribution is -2.26. The molecule has 0 N–H and O–H groups in total. The predicted molar refractivity (Wildman–Crippen MR) is 138 cm³/mol. The first kappa shape index (κ1) is 24.9. The van der Waals surface area contributed by atoms with Crippen molar-refractivity contribution in [3.8, 4) is 0 Å². The molecule has 0 radical (unpaired) electrons. The largest absolute Gasteiger partial charge is 0.0993 e. The van der Waals surface area contributed by atoms with Gasteiger partial charge in [0.25, 0.3) is 0 Å². The standard InChI is InChI=1S/C31H52/c1-4-6-8-14-29(28-15-9-7-10-16-28)18-13-19-30-17-11-12-20-31(30)25(3)27-23-21-26(5-2)22-24-27/h4,6,13,19,26-31H,3,5,7-12,14-18,20-24H2,1-2H3/b6-4+,19-13+. The summed E-state index contributed by atoms with van der Waals surface area (Å²) in [5, 5.41) is 0. The van der Waals surface area contributed by atoms with Crippen molar-refractivity contribution in [2.24, 2.45) is 35.5 Å². The minimum atomic E-state index is 0.768. The van der Waals surface area contributed by atoms with Crippen molar-refractivity contribution in [3.63, 3.8) is 0 Å².